The van der Waals surface area contributed by atoms with E-state index in [1.54, 1.807) is 0 Å². The molecular weight excluding hydrogens is 238 g/mol. The van der Waals surface area contributed by atoms with E-state index < -0.39 is 6.09 Å². The van der Waals surface area contributed by atoms with Crippen molar-refractivity contribution in [2.45, 2.75) is 27.2 Å². The van der Waals surface area contributed by atoms with E-state index in [1.807, 2.05) is 0 Å². The molecule has 0 bridgehead atoms. The van der Waals surface area contributed by atoms with Crippen LogP contribution in [0.4, 0.5) is 4.79 Å². The van der Waals surface area contributed by atoms with Crippen molar-refractivity contribution in [2.75, 3.05) is 18.9 Å². The third kappa shape index (κ3) is 11.3. The Morgan fingerprint density at radius 3 is 2.59 bits per heavy atom. The van der Waals surface area contributed by atoms with Crippen LogP contribution in [0.15, 0.2) is 12.7 Å². The number of thioether (sulfide) groups is 1. The molecule has 0 aromatic rings. The maximum atomic E-state index is 11.4. The van der Waals surface area contributed by atoms with Gasteiger partial charge in [0.05, 0.1) is 0 Å². The van der Waals surface area contributed by atoms with Crippen LogP contribution in [0.2, 0.25) is 0 Å². The molecule has 0 rings (SSSR count). The van der Waals surface area contributed by atoms with Crippen molar-refractivity contribution in [3.63, 3.8) is 0 Å². The Morgan fingerprint density at radius 1 is 1.41 bits per heavy atom. The Balaban J connectivity index is 3.57. The zero-order chi connectivity index (χ0) is 13.3. The van der Waals surface area contributed by atoms with Crippen molar-refractivity contribution in [1.29, 1.82) is 0 Å². The van der Waals surface area contributed by atoms with E-state index in [0.717, 1.165) is 5.75 Å². The summed E-state index contributed by atoms with van der Waals surface area (Å²) in [4.78, 5) is 22.4. The number of hydrogen-bond donors (Lipinski definition) is 1. The lowest BCUT2D eigenvalue weighted by atomic mass is 10.0. The first kappa shape index (κ1) is 16.0. The molecule has 1 N–H and O–H groups in total. The molecule has 17 heavy (non-hydrogen) atoms. The quantitative estimate of drug-likeness (QED) is 0.745. The first-order valence-electron chi connectivity index (χ1n) is 5.52. The lowest BCUT2D eigenvalue weighted by molar-refractivity contribution is -0.110. The summed E-state index contributed by atoms with van der Waals surface area (Å²) in [7, 11) is 0. The predicted molar refractivity (Wildman–Crippen MR) is 71.1 cm³/mol. The van der Waals surface area contributed by atoms with E-state index >= 15 is 0 Å². The van der Waals surface area contributed by atoms with Gasteiger partial charge in [0.25, 0.3) is 0 Å². The van der Waals surface area contributed by atoms with E-state index in [-0.39, 0.29) is 17.1 Å². The van der Waals surface area contributed by atoms with Gasteiger partial charge in [-0.25, -0.2) is 4.79 Å². The molecule has 0 aliphatic rings. The zero-order valence-electron chi connectivity index (χ0n) is 10.7. The van der Waals surface area contributed by atoms with Crippen LogP contribution in [0.1, 0.15) is 27.2 Å². The van der Waals surface area contributed by atoms with Crippen LogP contribution in [0.3, 0.4) is 0 Å². The third-order valence-corrected chi connectivity index (χ3v) is 3.13. The molecule has 0 saturated heterocycles. The second kappa shape index (κ2) is 8.17. The smallest absolute Gasteiger partial charge is 0.407 e. The topological polar surface area (TPSA) is 55.4 Å². The van der Waals surface area contributed by atoms with Gasteiger partial charge < -0.3 is 10.1 Å². The Morgan fingerprint density at radius 2 is 2.06 bits per heavy atom. The molecule has 0 aromatic carbocycles. The van der Waals surface area contributed by atoms with Gasteiger partial charge >= 0.3 is 6.09 Å². The summed E-state index contributed by atoms with van der Waals surface area (Å²) in [6.45, 7) is 10.2. The van der Waals surface area contributed by atoms with Gasteiger partial charge in [0.1, 0.15) is 6.61 Å². The molecule has 0 atom stereocenters. The highest BCUT2D eigenvalue weighted by atomic mass is 32.2. The molecule has 1 amide bonds. The minimum atomic E-state index is -0.515. The molecule has 0 heterocycles. The monoisotopic (exact) mass is 259 g/mol. The van der Waals surface area contributed by atoms with Crippen LogP contribution in [0.5, 0.6) is 0 Å². The molecule has 0 spiro atoms. The first-order chi connectivity index (χ1) is 7.85. The molecule has 98 valence electrons. The predicted octanol–water partition coefficient (Wildman–Crippen LogP) is 2.59. The minimum Gasteiger partial charge on any atom is -0.445 e. The number of nitrogens with one attached hydrogen (secondary N) is 1. The SMILES string of the molecule is C=CCOC(=O)NCCC(=O)SCC(C)(C)C. The Labute approximate surface area is 107 Å². The number of carbonyl (C=O) groups is 2. The van der Waals surface area contributed by atoms with Crippen molar-refractivity contribution in [3.05, 3.63) is 12.7 Å². The number of rotatable bonds is 6. The minimum absolute atomic E-state index is 0.0870. The Bertz CT molecular complexity index is 271. The average Bonchev–Trinajstić information content (AvgIpc) is 2.22. The maximum Gasteiger partial charge on any atom is 0.407 e. The highest BCUT2D eigenvalue weighted by Crippen LogP contribution is 2.21. The molecular formula is C12H21NO3S. The third-order valence-electron chi connectivity index (χ3n) is 1.60. The molecule has 0 aliphatic heterocycles. The fourth-order valence-electron chi connectivity index (χ4n) is 0.821. The summed E-state index contributed by atoms with van der Waals surface area (Å²) in [5.41, 5.74) is 0.136. The van der Waals surface area contributed by atoms with Crippen molar-refractivity contribution in [3.8, 4) is 0 Å². The van der Waals surface area contributed by atoms with Crippen molar-refractivity contribution in [1.82, 2.24) is 5.32 Å². The highest BCUT2D eigenvalue weighted by Gasteiger charge is 2.13. The fourth-order valence-corrected chi connectivity index (χ4v) is 1.66. The van der Waals surface area contributed by atoms with E-state index in [2.05, 4.69) is 32.7 Å². The molecule has 0 aromatic heterocycles. The zero-order valence-corrected chi connectivity index (χ0v) is 11.6. The van der Waals surface area contributed by atoms with E-state index in [9.17, 15) is 9.59 Å². The van der Waals surface area contributed by atoms with Crippen LogP contribution in [0, 0.1) is 5.41 Å². The standard InChI is InChI=1S/C12H21NO3S/c1-5-8-16-11(15)13-7-6-10(14)17-9-12(2,3)4/h5H,1,6-9H2,2-4H3,(H,13,15). The van der Waals surface area contributed by atoms with E-state index in [4.69, 9.17) is 4.74 Å². The van der Waals surface area contributed by atoms with Crippen molar-refractivity contribution < 1.29 is 14.3 Å². The summed E-state index contributed by atoms with van der Waals surface area (Å²) in [5.74, 6) is 0.784. The number of hydrogen-bond acceptors (Lipinski definition) is 4. The second-order valence-electron chi connectivity index (χ2n) is 4.79. The van der Waals surface area contributed by atoms with Gasteiger partial charge in [0.15, 0.2) is 5.12 Å². The summed E-state index contributed by atoms with van der Waals surface area (Å²) < 4.78 is 4.70. The second-order valence-corrected chi connectivity index (χ2v) is 5.82. The summed E-state index contributed by atoms with van der Waals surface area (Å²) >= 11 is 1.31. The number of carbonyl (C=O) groups excluding carboxylic acids is 2. The van der Waals surface area contributed by atoms with Gasteiger partial charge in [0, 0.05) is 18.7 Å². The van der Waals surface area contributed by atoms with E-state index in [0.29, 0.717) is 13.0 Å². The number of ether oxygens (including phenoxy) is 1. The number of alkyl carbamates (subject to hydrolysis) is 1. The fraction of sp³-hybridized carbons (Fsp3) is 0.667. The molecule has 0 fully saturated rings. The molecule has 0 radical (unpaired) electrons. The lowest BCUT2D eigenvalue weighted by Crippen LogP contribution is -2.26. The normalized spacial score (nSPS) is 10.8. The van der Waals surface area contributed by atoms with Gasteiger partial charge in [-0.3, -0.25) is 4.79 Å². The lowest BCUT2D eigenvalue weighted by Gasteiger charge is -2.16. The molecule has 5 heteroatoms. The largest absolute Gasteiger partial charge is 0.445 e. The summed E-state index contributed by atoms with van der Waals surface area (Å²) in [5, 5.41) is 2.59. The van der Waals surface area contributed by atoms with E-state index in [1.165, 1.54) is 17.8 Å². The van der Waals surface area contributed by atoms with Gasteiger partial charge in [-0.1, -0.05) is 45.2 Å². The first-order valence-corrected chi connectivity index (χ1v) is 6.51. The van der Waals surface area contributed by atoms with Gasteiger partial charge in [-0.05, 0) is 5.41 Å². The van der Waals surface area contributed by atoms with Crippen LogP contribution in [-0.2, 0) is 9.53 Å². The van der Waals surface area contributed by atoms with Gasteiger partial charge in [0.2, 0.25) is 0 Å². The van der Waals surface area contributed by atoms with Gasteiger partial charge in [-0.15, -0.1) is 0 Å². The van der Waals surface area contributed by atoms with Crippen molar-refractivity contribution >= 4 is 23.0 Å². The average molecular weight is 259 g/mol. The summed E-state index contributed by atoms with van der Waals surface area (Å²) in [6.07, 6.45) is 1.30. The number of amides is 1. The maximum absolute atomic E-state index is 11.4. The van der Waals surface area contributed by atoms with Crippen LogP contribution in [0.25, 0.3) is 0 Å². The van der Waals surface area contributed by atoms with Crippen LogP contribution >= 0.6 is 11.8 Å². The Hall–Kier alpha value is -0.970. The van der Waals surface area contributed by atoms with Gasteiger partial charge in [-0.2, -0.15) is 0 Å². The molecule has 4 nitrogen and oxygen atoms in total. The molecule has 0 unspecified atom stereocenters. The van der Waals surface area contributed by atoms with Crippen LogP contribution in [-0.4, -0.2) is 30.1 Å². The summed E-state index contributed by atoms with van der Waals surface area (Å²) in [6, 6.07) is 0. The Kier molecular flexibility index (Phi) is 7.70. The van der Waals surface area contributed by atoms with Crippen LogP contribution < -0.4 is 5.32 Å². The molecule has 0 aliphatic carbocycles. The molecule has 0 saturated carbocycles. The van der Waals surface area contributed by atoms with Crippen molar-refractivity contribution in [2.24, 2.45) is 5.41 Å². The highest BCUT2D eigenvalue weighted by molar-refractivity contribution is 8.13.